The van der Waals surface area contributed by atoms with Gasteiger partial charge in [-0.2, -0.15) is 5.10 Å². The van der Waals surface area contributed by atoms with Crippen molar-refractivity contribution in [3.63, 3.8) is 0 Å². The van der Waals surface area contributed by atoms with Crippen LogP contribution in [-0.4, -0.2) is 46.1 Å². The summed E-state index contributed by atoms with van der Waals surface area (Å²) in [6.45, 7) is 0. The van der Waals surface area contributed by atoms with E-state index in [0.717, 1.165) is 24.0 Å². The number of carbonyl (C=O) groups is 2. The van der Waals surface area contributed by atoms with Crippen molar-refractivity contribution in [3.8, 4) is 11.1 Å². The minimum Gasteiger partial charge on any atom is -0.627 e. The van der Waals surface area contributed by atoms with Gasteiger partial charge in [0.25, 0.3) is 5.91 Å². The van der Waals surface area contributed by atoms with Crippen molar-refractivity contribution in [2.45, 2.75) is 12.8 Å². The van der Waals surface area contributed by atoms with Crippen LogP contribution in [0.1, 0.15) is 23.3 Å². The van der Waals surface area contributed by atoms with Crippen LogP contribution in [0.5, 0.6) is 0 Å². The van der Waals surface area contributed by atoms with Crippen LogP contribution >= 0.6 is 0 Å². The molecule has 0 atom stereocenters. The predicted molar refractivity (Wildman–Crippen MR) is 130 cm³/mol. The third kappa shape index (κ3) is 4.49. The van der Waals surface area contributed by atoms with E-state index in [2.05, 4.69) is 30.8 Å². The Kier molecular flexibility index (Phi) is 5.31. The van der Waals surface area contributed by atoms with Crippen molar-refractivity contribution in [3.05, 3.63) is 65.9 Å². The number of H-pyrrole nitrogens is 1. The van der Waals surface area contributed by atoms with E-state index in [1.165, 1.54) is 20.3 Å². The van der Waals surface area contributed by atoms with E-state index in [9.17, 15) is 14.8 Å². The van der Waals surface area contributed by atoms with Crippen molar-refractivity contribution in [2.75, 3.05) is 24.7 Å². The van der Waals surface area contributed by atoms with Gasteiger partial charge >= 0.3 is 0 Å². The molecular formula is C24H23N7O3. The Hall–Kier alpha value is -4.15. The first-order valence-electron chi connectivity index (χ1n) is 10.9. The Bertz CT molecular complexity index is 1390. The van der Waals surface area contributed by atoms with Crippen LogP contribution in [0.4, 0.5) is 17.2 Å². The third-order valence-electron chi connectivity index (χ3n) is 5.62. The molecule has 0 aliphatic heterocycles. The van der Waals surface area contributed by atoms with Gasteiger partial charge in [-0.15, -0.1) is 0 Å². The smallest absolute Gasteiger partial charge is 0.276 e. The maximum Gasteiger partial charge on any atom is 0.276 e. The number of amides is 2. The summed E-state index contributed by atoms with van der Waals surface area (Å²) in [4.78, 5) is 33.4. The number of quaternary nitrogens is 1. The van der Waals surface area contributed by atoms with Crippen molar-refractivity contribution in [2.24, 2.45) is 5.92 Å². The number of anilines is 2. The summed E-state index contributed by atoms with van der Waals surface area (Å²) in [5.74, 6) is 0.0437. The van der Waals surface area contributed by atoms with E-state index >= 15 is 0 Å². The molecule has 0 saturated heterocycles. The van der Waals surface area contributed by atoms with Gasteiger partial charge in [0.2, 0.25) is 11.7 Å². The average Bonchev–Trinajstić information content (AvgIpc) is 3.58. The van der Waals surface area contributed by atoms with E-state index in [1.807, 2.05) is 24.3 Å². The van der Waals surface area contributed by atoms with Crippen LogP contribution in [0, 0.1) is 11.1 Å². The van der Waals surface area contributed by atoms with Gasteiger partial charge in [-0.05, 0) is 42.7 Å². The van der Waals surface area contributed by atoms with Gasteiger partial charge in [0.1, 0.15) is 0 Å². The fraction of sp³-hybridized carbons (Fsp3) is 0.208. The minimum absolute atomic E-state index is 0.0171. The summed E-state index contributed by atoms with van der Waals surface area (Å²) < 4.78 is -0.665. The number of nitrogens with one attached hydrogen (secondary N) is 3. The lowest BCUT2D eigenvalue weighted by Gasteiger charge is -2.31. The summed E-state index contributed by atoms with van der Waals surface area (Å²) in [5, 5.41) is 25.4. The van der Waals surface area contributed by atoms with Gasteiger partial charge in [-0.1, -0.05) is 6.07 Å². The molecule has 3 heterocycles. The number of benzene rings is 1. The highest BCUT2D eigenvalue weighted by atomic mass is 16.5. The van der Waals surface area contributed by atoms with Gasteiger partial charge in [-0.25, -0.2) is 4.98 Å². The first kappa shape index (κ1) is 21.7. The first-order valence-corrected chi connectivity index (χ1v) is 10.9. The molecule has 0 unspecified atom stereocenters. The first-order chi connectivity index (χ1) is 16.3. The number of hydrogen-bond acceptors (Lipinski definition) is 6. The van der Waals surface area contributed by atoms with Gasteiger partial charge in [0, 0.05) is 29.1 Å². The van der Waals surface area contributed by atoms with E-state index in [1.54, 1.807) is 24.5 Å². The van der Waals surface area contributed by atoms with E-state index in [4.69, 9.17) is 0 Å². The molecule has 10 nitrogen and oxygen atoms in total. The van der Waals surface area contributed by atoms with Crippen LogP contribution in [0.3, 0.4) is 0 Å². The van der Waals surface area contributed by atoms with Crippen molar-refractivity contribution >= 4 is 39.9 Å². The molecule has 1 aliphatic rings. The molecular weight excluding hydrogens is 434 g/mol. The molecule has 1 fully saturated rings. The fourth-order valence-corrected chi connectivity index (χ4v) is 3.59. The number of rotatable bonds is 6. The lowest BCUT2D eigenvalue weighted by atomic mass is 10.0. The number of aromatic amines is 1. The molecule has 4 aromatic rings. The van der Waals surface area contributed by atoms with Crippen molar-refractivity contribution in [1.29, 1.82) is 0 Å². The largest absolute Gasteiger partial charge is 0.627 e. The van der Waals surface area contributed by atoms with Crippen LogP contribution < -0.4 is 15.3 Å². The summed E-state index contributed by atoms with van der Waals surface area (Å²) >= 11 is 0. The summed E-state index contributed by atoms with van der Waals surface area (Å²) in [5.41, 5.74) is 3.67. The molecule has 0 spiro atoms. The van der Waals surface area contributed by atoms with Crippen LogP contribution in [0.15, 0.2) is 55.0 Å². The topological polar surface area (TPSA) is 136 Å². The molecule has 3 aromatic heterocycles. The molecule has 34 heavy (non-hydrogen) atoms. The van der Waals surface area contributed by atoms with Crippen molar-refractivity contribution < 1.29 is 9.59 Å². The van der Waals surface area contributed by atoms with Crippen LogP contribution in [-0.2, 0) is 4.79 Å². The maximum atomic E-state index is 12.9. The monoisotopic (exact) mass is 457 g/mol. The van der Waals surface area contributed by atoms with Crippen molar-refractivity contribution in [1.82, 2.24) is 24.8 Å². The number of carbonyl (C=O) groups excluding carboxylic acids is 2. The zero-order valence-corrected chi connectivity index (χ0v) is 18.7. The summed E-state index contributed by atoms with van der Waals surface area (Å²) in [6.07, 6.45) is 6.62. The molecule has 0 radical (unpaired) electrons. The molecule has 3 N–H and O–H groups in total. The Balaban J connectivity index is 1.39. The normalized spacial score (nSPS) is 13.6. The second-order valence-corrected chi connectivity index (χ2v) is 8.77. The zero-order valence-electron chi connectivity index (χ0n) is 18.7. The van der Waals surface area contributed by atoms with Gasteiger partial charge < -0.3 is 20.5 Å². The molecule has 5 rings (SSSR count). The zero-order chi connectivity index (χ0) is 23.9. The highest BCUT2D eigenvalue weighted by Crippen LogP contribution is 2.31. The third-order valence-corrected chi connectivity index (χ3v) is 5.62. The number of fused-ring (bicyclic) bond motifs is 1. The number of nitrogens with zero attached hydrogens (tertiary/aromatic N) is 4. The highest BCUT2D eigenvalue weighted by Gasteiger charge is 2.29. The Morgan fingerprint density at radius 2 is 1.82 bits per heavy atom. The lowest BCUT2D eigenvalue weighted by Crippen LogP contribution is -2.33. The highest BCUT2D eigenvalue weighted by molar-refractivity contribution is 6.11. The maximum absolute atomic E-state index is 12.9. The summed E-state index contributed by atoms with van der Waals surface area (Å²) in [6, 6.07) is 10.7. The second-order valence-electron chi connectivity index (χ2n) is 8.77. The number of aromatic nitrogens is 4. The Morgan fingerprint density at radius 3 is 2.53 bits per heavy atom. The SMILES string of the molecule is C[N+](C)([O-])c1ccc(NC(=O)c2n[nH]c3ccc(-c4cncc(NC(=O)C5CC5)c4)cc23)cn1. The molecule has 2 amide bonds. The molecule has 1 aromatic carbocycles. The van der Waals surface area contributed by atoms with Gasteiger partial charge in [-0.3, -0.25) is 19.7 Å². The minimum atomic E-state index is -0.665. The quantitative estimate of drug-likeness (QED) is 0.298. The Morgan fingerprint density at radius 1 is 1.00 bits per heavy atom. The molecule has 10 heteroatoms. The van der Waals surface area contributed by atoms with Crippen LogP contribution in [0.25, 0.3) is 22.0 Å². The predicted octanol–water partition coefficient (Wildman–Crippen LogP) is 3.69. The standard InChI is InChI=1S/C24H23N7O3/c1-31(2,34)21-8-6-17(13-26-21)27-24(33)22-19-10-15(5-7-20(19)29-30-22)16-9-18(12-25-11-16)28-23(32)14-3-4-14/h5-14H,3-4H2,1-2H3,(H,27,33)(H,28,32)(H,29,30). The van der Waals surface area contributed by atoms with E-state index < -0.39 is 10.6 Å². The molecule has 0 bridgehead atoms. The Labute approximate surface area is 195 Å². The fourth-order valence-electron chi connectivity index (χ4n) is 3.59. The average molecular weight is 457 g/mol. The number of hydroxylamine groups is 2. The number of pyridine rings is 2. The van der Waals surface area contributed by atoms with Gasteiger partial charge in [0.15, 0.2) is 5.69 Å². The van der Waals surface area contributed by atoms with E-state index in [0.29, 0.717) is 28.1 Å². The lowest BCUT2D eigenvalue weighted by molar-refractivity contribution is -0.117. The van der Waals surface area contributed by atoms with Crippen LogP contribution in [0.2, 0.25) is 0 Å². The molecule has 172 valence electrons. The van der Waals surface area contributed by atoms with E-state index in [-0.39, 0.29) is 17.5 Å². The van der Waals surface area contributed by atoms with Gasteiger partial charge in [0.05, 0.1) is 43.4 Å². The second kappa shape index (κ2) is 8.32. The molecule has 1 aliphatic carbocycles. The summed E-state index contributed by atoms with van der Waals surface area (Å²) in [7, 11) is 2.95. The number of hydrogen-bond donors (Lipinski definition) is 3. The molecule has 1 saturated carbocycles.